The van der Waals surface area contributed by atoms with Crippen molar-refractivity contribution in [2.75, 3.05) is 6.26 Å². The third kappa shape index (κ3) is 2.75. The molecule has 1 rings (SSSR count). The van der Waals surface area contributed by atoms with Crippen LogP contribution in [0.4, 0.5) is 0 Å². The van der Waals surface area contributed by atoms with Gasteiger partial charge in [0.05, 0.1) is 11.4 Å². The van der Waals surface area contributed by atoms with Gasteiger partial charge in [-0.1, -0.05) is 12.8 Å². The number of rotatable bonds is 4. The second kappa shape index (κ2) is 3.34. The van der Waals surface area contributed by atoms with E-state index in [4.69, 9.17) is 0 Å². The minimum Gasteiger partial charge on any atom is -0.392 e. The molecule has 0 aromatic carbocycles. The van der Waals surface area contributed by atoms with Crippen molar-refractivity contribution in [2.45, 2.75) is 37.5 Å². The Bertz CT molecular complexity index is 241. The van der Waals surface area contributed by atoms with E-state index >= 15 is 0 Å². The van der Waals surface area contributed by atoms with Gasteiger partial charge in [0.1, 0.15) is 0 Å². The lowest BCUT2D eigenvalue weighted by Gasteiger charge is -2.16. The number of aliphatic hydroxyl groups is 1. The first-order valence-corrected chi connectivity index (χ1v) is 6.23. The van der Waals surface area contributed by atoms with E-state index in [1.54, 1.807) is 6.92 Å². The van der Waals surface area contributed by atoms with Crippen LogP contribution in [-0.2, 0) is 9.84 Å². The third-order valence-corrected chi connectivity index (χ3v) is 4.15. The number of hydrogen-bond donors (Lipinski definition) is 1. The van der Waals surface area contributed by atoms with Crippen molar-refractivity contribution in [3.05, 3.63) is 0 Å². The Morgan fingerprint density at radius 2 is 2.00 bits per heavy atom. The van der Waals surface area contributed by atoms with Gasteiger partial charge in [-0.3, -0.25) is 0 Å². The molecule has 0 bridgehead atoms. The predicted octanol–water partition coefficient (Wildman–Crippen LogP) is 0.581. The fourth-order valence-electron chi connectivity index (χ4n) is 1.17. The van der Waals surface area contributed by atoms with Crippen molar-refractivity contribution in [2.24, 2.45) is 5.92 Å². The van der Waals surface area contributed by atoms with Gasteiger partial charge in [-0.25, -0.2) is 8.42 Å². The van der Waals surface area contributed by atoms with Crippen LogP contribution in [0, 0.1) is 5.92 Å². The second-order valence-electron chi connectivity index (χ2n) is 3.78. The Kier molecular flexibility index (Phi) is 2.78. The van der Waals surface area contributed by atoms with E-state index in [9.17, 15) is 13.5 Å². The molecule has 0 aromatic rings. The third-order valence-electron chi connectivity index (χ3n) is 2.49. The predicted molar refractivity (Wildman–Crippen MR) is 47.7 cm³/mol. The Morgan fingerprint density at radius 3 is 2.33 bits per heavy atom. The summed E-state index contributed by atoms with van der Waals surface area (Å²) in [6.07, 6.45) is 3.44. The molecule has 0 amide bonds. The molecule has 0 spiro atoms. The zero-order valence-electron chi connectivity index (χ0n) is 7.53. The number of hydrogen-bond acceptors (Lipinski definition) is 3. The molecule has 2 atom stereocenters. The van der Waals surface area contributed by atoms with E-state index < -0.39 is 21.2 Å². The van der Waals surface area contributed by atoms with Gasteiger partial charge < -0.3 is 5.11 Å². The molecular formula is C8H16O3S. The molecule has 1 N–H and O–H groups in total. The number of aliphatic hydroxyl groups excluding tert-OH is 1. The van der Waals surface area contributed by atoms with E-state index in [0.717, 1.165) is 12.8 Å². The summed E-state index contributed by atoms with van der Waals surface area (Å²) in [5.41, 5.74) is 0. The second-order valence-corrected chi connectivity index (χ2v) is 6.18. The quantitative estimate of drug-likeness (QED) is 0.709. The van der Waals surface area contributed by atoms with Gasteiger partial charge in [-0.2, -0.15) is 0 Å². The Hall–Kier alpha value is -0.0900. The molecule has 4 heteroatoms. The van der Waals surface area contributed by atoms with Crippen molar-refractivity contribution in [3.63, 3.8) is 0 Å². The van der Waals surface area contributed by atoms with Crippen LogP contribution >= 0.6 is 0 Å². The molecule has 1 saturated carbocycles. The largest absolute Gasteiger partial charge is 0.392 e. The first-order chi connectivity index (χ1) is 5.41. The van der Waals surface area contributed by atoms with Crippen LogP contribution in [-0.4, -0.2) is 31.1 Å². The lowest BCUT2D eigenvalue weighted by atomic mass is 10.1. The van der Waals surface area contributed by atoms with Crippen molar-refractivity contribution < 1.29 is 13.5 Å². The first kappa shape index (κ1) is 9.99. The van der Waals surface area contributed by atoms with Crippen molar-refractivity contribution in [1.29, 1.82) is 0 Å². The molecule has 12 heavy (non-hydrogen) atoms. The topological polar surface area (TPSA) is 54.4 Å². The fraction of sp³-hybridized carbons (Fsp3) is 1.00. The molecular weight excluding hydrogens is 176 g/mol. The average Bonchev–Trinajstić information content (AvgIpc) is 2.68. The summed E-state index contributed by atoms with van der Waals surface area (Å²) in [5.74, 6) is 0.573. The number of sulfone groups is 1. The monoisotopic (exact) mass is 192 g/mol. The Morgan fingerprint density at radius 1 is 1.50 bits per heavy atom. The average molecular weight is 192 g/mol. The summed E-state index contributed by atoms with van der Waals surface area (Å²) in [6.45, 7) is 1.57. The highest BCUT2D eigenvalue weighted by atomic mass is 32.2. The van der Waals surface area contributed by atoms with Gasteiger partial charge in [0.15, 0.2) is 9.84 Å². The molecule has 0 aliphatic heterocycles. The van der Waals surface area contributed by atoms with Crippen LogP contribution in [0.25, 0.3) is 0 Å². The molecule has 2 unspecified atom stereocenters. The van der Waals surface area contributed by atoms with E-state index in [1.165, 1.54) is 6.26 Å². The Balaban J connectivity index is 2.44. The van der Waals surface area contributed by atoms with Gasteiger partial charge in [0, 0.05) is 6.26 Å². The lowest BCUT2D eigenvalue weighted by Crippen LogP contribution is -2.30. The highest BCUT2D eigenvalue weighted by Crippen LogP contribution is 2.34. The maximum absolute atomic E-state index is 11.0. The fourth-order valence-corrected chi connectivity index (χ4v) is 1.85. The highest BCUT2D eigenvalue weighted by molar-refractivity contribution is 7.91. The zero-order chi connectivity index (χ0) is 9.35. The molecule has 72 valence electrons. The molecule has 1 aliphatic carbocycles. The summed E-state index contributed by atoms with van der Waals surface area (Å²) < 4.78 is 22.0. The zero-order valence-corrected chi connectivity index (χ0v) is 8.34. The van der Waals surface area contributed by atoms with E-state index in [1.807, 2.05) is 0 Å². The van der Waals surface area contributed by atoms with E-state index in [2.05, 4.69) is 0 Å². The summed E-state index contributed by atoms with van der Waals surface area (Å²) in [6, 6.07) is 0. The van der Waals surface area contributed by atoms with Crippen LogP contribution < -0.4 is 0 Å². The highest BCUT2D eigenvalue weighted by Gasteiger charge is 2.30. The Labute approximate surface area is 73.7 Å². The van der Waals surface area contributed by atoms with Crippen LogP contribution in [0.3, 0.4) is 0 Å². The molecule has 0 radical (unpaired) electrons. The van der Waals surface area contributed by atoms with Crippen LogP contribution in [0.1, 0.15) is 26.2 Å². The normalized spacial score (nSPS) is 23.6. The molecule has 0 aromatic heterocycles. The van der Waals surface area contributed by atoms with E-state index in [-0.39, 0.29) is 0 Å². The van der Waals surface area contributed by atoms with Crippen LogP contribution in [0.15, 0.2) is 0 Å². The molecule has 1 aliphatic rings. The van der Waals surface area contributed by atoms with Gasteiger partial charge in [0.2, 0.25) is 0 Å². The summed E-state index contributed by atoms with van der Waals surface area (Å²) in [7, 11) is -3.07. The van der Waals surface area contributed by atoms with Gasteiger partial charge in [-0.15, -0.1) is 0 Å². The SMILES string of the molecule is CC(C(O)CC1CC1)S(C)(=O)=O. The minimum absolute atomic E-state index is 0.573. The minimum atomic E-state index is -3.07. The molecule has 3 nitrogen and oxygen atoms in total. The standard InChI is InChI=1S/C8H16O3S/c1-6(12(2,10)11)8(9)5-7-3-4-7/h6-9H,3-5H2,1-2H3. The molecule has 1 fully saturated rings. The van der Waals surface area contributed by atoms with Crippen molar-refractivity contribution in [3.8, 4) is 0 Å². The summed E-state index contributed by atoms with van der Waals surface area (Å²) in [5, 5.41) is 8.87. The summed E-state index contributed by atoms with van der Waals surface area (Å²) in [4.78, 5) is 0. The van der Waals surface area contributed by atoms with Gasteiger partial charge in [0.25, 0.3) is 0 Å². The van der Waals surface area contributed by atoms with Crippen LogP contribution in [0.2, 0.25) is 0 Å². The lowest BCUT2D eigenvalue weighted by molar-refractivity contribution is 0.156. The van der Waals surface area contributed by atoms with Crippen molar-refractivity contribution >= 4 is 9.84 Å². The molecule has 0 saturated heterocycles. The summed E-state index contributed by atoms with van der Waals surface area (Å²) >= 11 is 0. The first-order valence-electron chi connectivity index (χ1n) is 4.28. The maximum Gasteiger partial charge on any atom is 0.152 e. The maximum atomic E-state index is 11.0. The van der Waals surface area contributed by atoms with Gasteiger partial charge in [-0.05, 0) is 19.3 Å². The van der Waals surface area contributed by atoms with E-state index in [0.29, 0.717) is 12.3 Å². The van der Waals surface area contributed by atoms with Crippen molar-refractivity contribution in [1.82, 2.24) is 0 Å². The van der Waals surface area contributed by atoms with Crippen LogP contribution in [0.5, 0.6) is 0 Å². The van der Waals surface area contributed by atoms with Gasteiger partial charge >= 0.3 is 0 Å². The smallest absolute Gasteiger partial charge is 0.152 e. The molecule has 0 heterocycles.